The van der Waals surface area contributed by atoms with Crippen molar-refractivity contribution < 1.29 is 30.2 Å². The molecule has 2 heterocycles. The van der Waals surface area contributed by atoms with E-state index in [0.717, 1.165) is 30.1 Å². The Balaban J connectivity index is 0.000000810. The Morgan fingerprint density at radius 3 is 2.88 bits per heavy atom. The predicted molar refractivity (Wildman–Crippen MR) is 61.9 cm³/mol. The van der Waals surface area contributed by atoms with Gasteiger partial charge in [-0.15, -0.1) is 11.3 Å². The van der Waals surface area contributed by atoms with Crippen LogP contribution in [-0.2, 0) is 13.0 Å². The van der Waals surface area contributed by atoms with E-state index in [-0.39, 0.29) is 25.3 Å². The summed E-state index contributed by atoms with van der Waals surface area (Å²) in [5.74, 6) is -0.899. The van der Waals surface area contributed by atoms with Crippen LogP contribution in [0.1, 0.15) is 41.6 Å². The first-order valence-corrected chi connectivity index (χ1v) is 6.37. The molecule has 88 valence electrons. The first kappa shape index (κ1) is 13.1. The van der Waals surface area contributed by atoms with Gasteiger partial charge in [0.25, 0.3) is 0 Å². The topological polar surface area (TPSA) is 53.4 Å². The number of fused-ring (bicyclic) bond motifs is 1. The van der Waals surface area contributed by atoms with E-state index in [1.54, 1.807) is 0 Å². The molecule has 1 fully saturated rings. The molecule has 4 nitrogen and oxygen atoms in total. The molecule has 0 amide bonds. The maximum absolute atomic E-state index is 10.8. The van der Waals surface area contributed by atoms with Gasteiger partial charge < -0.3 is 6.53 Å². The summed E-state index contributed by atoms with van der Waals surface area (Å²) < 4.78 is 0. The normalized spacial score (nSPS) is 21.5. The molecule has 0 saturated heterocycles. The molecule has 0 unspecified atom stereocenters. The second-order valence-corrected chi connectivity index (χ2v) is 5.95. The molecule has 0 atom stereocenters. The number of nitrogens with zero attached hydrogens (tertiary/aromatic N) is 2. The van der Waals surface area contributed by atoms with E-state index < -0.39 is 5.97 Å². The Hall–Kier alpha value is -0.343. The second-order valence-electron chi connectivity index (χ2n) is 4.86. The van der Waals surface area contributed by atoms with Crippen molar-refractivity contribution in [2.24, 2.45) is 0 Å². The van der Waals surface area contributed by atoms with E-state index in [9.17, 15) is 4.79 Å². The van der Waals surface area contributed by atoms with Gasteiger partial charge >= 0.3 is 24.8 Å². The number of hydrogen-bond donors (Lipinski definition) is 1. The van der Waals surface area contributed by atoms with Crippen LogP contribution in [0.3, 0.4) is 0 Å². The SMILES string of the molecule is CC1(N2CCc3nc(C(=O)O)sc3C2)CC1.[H-].[Li+]. The maximum atomic E-state index is 10.8. The fourth-order valence-corrected chi connectivity index (χ4v) is 3.21. The fraction of sp³-hybridized carbons (Fsp3) is 0.636. The largest absolute Gasteiger partial charge is 1.00 e. The van der Waals surface area contributed by atoms with E-state index in [1.807, 2.05) is 0 Å². The van der Waals surface area contributed by atoms with Crippen molar-refractivity contribution in [1.82, 2.24) is 9.88 Å². The molecule has 0 bridgehead atoms. The third-order valence-electron chi connectivity index (χ3n) is 3.65. The minimum atomic E-state index is -0.899. The van der Waals surface area contributed by atoms with Crippen LogP contribution < -0.4 is 18.9 Å². The average molecular weight is 246 g/mol. The molecule has 17 heavy (non-hydrogen) atoms. The van der Waals surface area contributed by atoms with E-state index >= 15 is 0 Å². The number of aromatic carboxylic acids is 1. The van der Waals surface area contributed by atoms with Crippen LogP contribution in [0.4, 0.5) is 0 Å². The van der Waals surface area contributed by atoms with Gasteiger partial charge in [-0.1, -0.05) is 0 Å². The molecular weight excluding hydrogens is 231 g/mol. The molecule has 1 aliphatic carbocycles. The second kappa shape index (κ2) is 4.40. The monoisotopic (exact) mass is 246 g/mol. The van der Waals surface area contributed by atoms with Gasteiger partial charge in [0, 0.05) is 29.9 Å². The molecule has 0 radical (unpaired) electrons. The number of carbonyl (C=O) groups is 1. The number of rotatable bonds is 2. The van der Waals surface area contributed by atoms with Crippen molar-refractivity contribution in [3.63, 3.8) is 0 Å². The third-order valence-corrected chi connectivity index (χ3v) is 4.72. The standard InChI is InChI=1S/C11H14N2O2S.Li.H/c1-11(3-4-11)13-5-2-7-8(6-13)16-9(12-7)10(14)15;;/h2-6H2,1H3,(H,14,15);;/q;+1;-1. The molecule has 1 aromatic heterocycles. The summed E-state index contributed by atoms with van der Waals surface area (Å²) in [6.07, 6.45) is 3.44. The van der Waals surface area contributed by atoms with Crippen molar-refractivity contribution in [2.45, 2.75) is 38.3 Å². The average Bonchev–Trinajstić information content (AvgIpc) is 2.86. The van der Waals surface area contributed by atoms with Gasteiger partial charge in [-0.2, -0.15) is 0 Å². The van der Waals surface area contributed by atoms with E-state index in [2.05, 4.69) is 16.8 Å². The zero-order chi connectivity index (χ0) is 11.3. The first-order chi connectivity index (χ1) is 7.58. The van der Waals surface area contributed by atoms with Crippen molar-refractivity contribution in [2.75, 3.05) is 6.54 Å². The Morgan fingerprint density at radius 2 is 2.29 bits per heavy atom. The van der Waals surface area contributed by atoms with Crippen molar-refractivity contribution in [3.8, 4) is 0 Å². The quantitative estimate of drug-likeness (QED) is 0.671. The minimum Gasteiger partial charge on any atom is -1.00 e. The third kappa shape index (κ3) is 2.30. The van der Waals surface area contributed by atoms with Crippen molar-refractivity contribution in [1.29, 1.82) is 0 Å². The zero-order valence-electron chi connectivity index (χ0n) is 11.2. The number of carboxylic acids is 1. The molecule has 1 aliphatic heterocycles. The Bertz CT molecular complexity index is 462. The Kier molecular flexibility index (Phi) is 3.39. The molecule has 6 heteroatoms. The van der Waals surface area contributed by atoms with Crippen LogP contribution >= 0.6 is 11.3 Å². The summed E-state index contributed by atoms with van der Waals surface area (Å²) >= 11 is 1.34. The summed E-state index contributed by atoms with van der Waals surface area (Å²) in [4.78, 5) is 18.6. The first-order valence-electron chi connectivity index (χ1n) is 5.55. The minimum absolute atomic E-state index is 0. The number of hydrogen-bond acceptors (Lipinski definition) is 4. The van der Waals surface area contributed by atoms with Crippen LogP contribution in [0.25, 0.3) is 0 Å². The molecule has 3 rings (SSSR count). The summed E-state index contributed by atoms with van der Waals surface area (Å²) in [6.45, 7) is 4.19. The number of carboxylic acid groups (broad SMARTS) is 1. The maximum Gasteiger partial charge on any atom is 1.00 e. The van der Waals surface area contributed by atoms with Gasteiger partial charge in [0.05, 0.1) is 5.69 Å². The number of thiazole rings is 1. The van der Waals surface area contributed by atoms with E-state index in [0.29, 0.717) is 5.54 Å². The van der Waals surface area contributed by atoms with Gasteiger partial charge in [0.15, 0.2) is 0 Å². The van der Waals surface area contributed by atoms with Crippen LogP contribution in [0, 0.1) is 0 Å². The fourth-order valence-electron chi connectivity index (χ4n) is 2.24. The van der Waals surface area contributed by atoms with E-state index in [4.69, 9.17) is 5.11 Å². The van der Waals surface area contributed by atoms with Crippen LogP contribution in [0.2, 0.25) is 0 Å². The molecular formula is C11H15LiN2O2S. The van der Waals surface area contributed by atoms with Crippen LogP contribution in [0.5, 0.6) is 0 Å². The van der Waals surface area contributed by atoms with Gasteiger partial charge in [0.2, 0.25) is 5.01 Å². The van der Waals surface area contributed by atoms with Crippen molar-refractivity contribution >= 4 is 17.3 Å². The van der Waals surface area contributed by atoms with Crippen LogP contribution in [-0.4, -0.2) is 33.0 Å². The summed E-state index contributed by atoms with van der Waals surface area (Å²) in [5.41, 5.74) is 1.38. The Labute approximate surface area is 118 Å². The predicted octanol–water partition coefficient (Wildman–Crippen LogP) is -1.13. The van der Waals surface area contributed by atoms with Gasteiger partial charge in [-0.05, 0) is 19.8 Å². The zero-order valence-corrected chi connectivity index (χ0v) is 11.0. The smallest absolute Gasteiger partial charge is 1.00 e. The van der Waals surface area contributed by atoms with E-state index in [1.165, 1.54) is 24.2 Å². The molecule has 0 aromatic carbocycles. The van der Waals surface area contributed by atoms with Gasteiger partial charge in [0.1, 0.15) is 0 Å². The summed E-state index contributed by atoms with van der Waals surface area (Å²) in [5, 5.41) is 9.15. The molecule has 1 saturated carbocycles. The summed E-state index contributed by atoms with van der Waals surface area (Å²) in [7, 11) is 0. The summed E-state index contributed by atoms with van der Waals surface area (Å²) in [6, 6.07) is 0. The van der Waals surface area contributed by atoms with Gasteiger partial charge in [-0.3, -0.25) is 4.90 Å². The molecule has 0 spiro atoms. The molecule has 2 aliphatic rings. The van der Waals surface area contributed by atoms with Crippen LogP contribution in [0.15, 0.2) is 0 Å². The van der Waals surface area contributed by atoms with Crippen molar-refractivity contribution in [3.05, 3.63) is 15.6 Å². The number of aromatic nitrogens is 1. The Morgan fingerprint density at radius 1 is 1.59 bits per heavy atom. The molecule has 1 N–H and O–H groups in total. The molecule has 1 aromatic rings. The van der Waals surface area contributed by atoms with Gasteiger partial charge in [-0.25, -0.2) is 9.78 Å².